The maximum atomic E-state index is 13.7. The molecule has 0 saturated carbocycles. The van der Waals surface area contributed by atoms with Gasteiger partial charge in [-0.2, -0.15) is 5.26 Å². The molecule has 0 spiro atoms. The van der Waals surface area contributed by atoms with E-state index in [2.05, 4.69) is 4.98 Å². The number of halogens is 2. The Morgan fingerprint density at radius 2 is 2.00 bits per heavy atom. The monoisotopic (exact) mass is 246 g/mol. The third-order valence-corrected chi connectivity index (χ3v) is 2.39. The van der Waals surface area contributed by atoms with Gasteiger partial charge in [-0.3, -0.25) is 0 Å². The predicted octanol–water partition coefficient (Wildman–Crippen LogP) is 2.91. The fourth-order valence-corrected chi connectivity index (χ4v) is 1.58. The van der Waals surface area contributed by atoms with Crippen LogP contribution in [0.25, 0.3) is 11.1 Å². The summed E-state index contributed by atoms with van der Waals surface area (Å²) >= 11 is 0. The van der Waals surface area contributed by atoms with Crippen molar-refractivity contribution in [2.45, 2.75) is 0 Å². The van der Waals surface area contributed by atoms with Crippen molar-refractivity contribution in [2.24, 2.45) is 0 Å². The van der Waals surface area contributed by atoms with E-state index in [0.717, 1.165) is 12.1 Å². The quantitative estimate of drug-likeness (QED) is 0.818. The second-order valence-electron chi connectivity index (χ2n) is 3.52. The van der Waals surface area contributed by atoms with Crippen LogP contribution in [0.2, 0.25) is 0 Å². The van der Waals surface area contributed by atoms with E-state index in [9.17, 15) is 8.78 Å². The fourth-order valence-electron chi connectivity index (χ4n) is 1.58. The highest BCUT2D eigenvalue weighted by Gasteiger charge is 2.13. The summed E-state index contributed by atoms with van der Waals surface area (Å²) in [7, 11) is 1.39. The summed E-state index contributed by atoms with van der Waals surface area (Å²) in [5.41, 5.74) is 0.724. The molecule has 2 aromatic rings. The Bertz CT molecular complexity index is 635. The first-order valence-electron chi connectivity index (χ1n) is 5.05. The highest BCUT2D eigenvalue weighted by molar-refractivity contribution is 5.70. The topological polar surface area (TPSA) is 45.9 Å². The van der Waals surface area contributed by atoms with Crippen molar-refractivity contribution in [3.63, 3.8) is 0 Å². The number of methoxy groups -OCH3 is 1. The standard InChI is InChI=1S/C13H8F2N2O/c1-18-13-11(4-8(6-16)7-17-13)10-3-2-9(14)5-12(10)15/h2-5,7H,1H3. The zero-order valence-corrected chi connectivity index (χ0v) is 9.45. The number of nitriles is 1. The SMILES string of the molecule is COc1ncc(C#N)cc1-c1ccc(F)cc1F. The van der Waals surface area contributed by atoms with Gasteiger partial charge in [-0.1, -0.05) is 0 Å². The van der Waals surface area contributed by atoms with Crippen LogP contribution in [-0.4, -0.2) is 12.1 Å². The highest BCUT2D eigenvalue weighted by atomic mass is 19.1. The molecule has 0 saturated heterocycles. The van der Waals surface area contributed by atoms with E-state index in [-0.39, 0.29) is 17.0 Å². The Hall–Kier alpha value is -2.48. The predicted molar refractivity (Wildman–Crippen MR) is 60.9 cm³/mol. The summed E-state index contributed by atoms with van der Waals surface area (Å²) in [6.45, 7) is 0. The fraction of sp³-hybridized carbons (Fsp3) is 0.0769. The molecule has 0 amide bonds. The second-order valence-corrected chi connectivity index (χ2v) is 3.52. The number of pyridine rings is 1. The van der Waals surface area contributed by atoms with E-state index in [1.807, 2.05) is 6.07 Å². The minimum absolute atomic E-state index is 0.137. The third kappa shape index (κ3) is 2.13. The molecule has 0 fully saturated rings. The Labute approximate surface area is 102 Å². The van der Waals surface area contributed by atoms with Crippen LogP contribution < -0.4 is 4.74 Å². The second kappa shape index (κ2) is 4.80. The lowest BCUT2D eigenvalue weighted by atomic mass is 10.0. The molecule has 0 radical (unpaired) electrons. The highest BCUT2D eigenvalue weighted by Crippen LogP contribution is 2.30. The summed E-state index contributed by atoms with van der Waals surface area (Å²) in [4.78, 5) is 3.90. The zero-order valence-electron chi connectivity index (χ0n) is 9.45. The van der Waals surface area contributed by atoms with Gasteiger partial charge in [0.25, 0.3) is 0 Å². The normalized spacial score (nSPS) is 9.89. The van der Waals surface area contributed by atoms with Crippen molar-refractivity contribution >= 4 is 0 Å². The van der Waals surface area contributed by atoms with Crippen LogP contribution in [0.4, 0.5) is 8.78 Å². The maximum Gasteiger partial charge on any atom is 0.221 e. The molecule has 2 rings (SSSR count). The minimum Gasteiger partial charge on any atom is -0.481 e. The van der Waals surface area contributed by atoms with Gasteiger partial charge in [0.1, 0.15) is 17.7 Å². The summed E-state index contributed by atoms with van der Waals surface area (Å²) in [6.07, 6.45) is 1.32. The van der Waals surface area contributed by atoms with E-state index in [0.29, 0.717) is 5.56 Å². The van der Waals surface area contributed by atoms with Crippen LogP contribution in [0.15, 0.2) is 30.5 Å². The lowest BCUT2D eigenvalue weighted by Gasteiger charge is -2.08. The number of hydrogen-bond donors (Lipinski definition) is 0. The molecule has 3 nitrogen and oxygen atoms in total. The first kappa shape index (κ1) is 12.0. The largest absolute Gasteiger partial charge is 0.481 e. The maximum absolute atomic E-state index is 13.7. The molecule has 1 aromatic carbocycles. The molecule has 0 atom stereocenters. The molecular weight excluding hydrogens is 238 g/mol. The minimum atomic E-state index is -0.731. The van der Waals surface area contributed by atoms with Gasteiger partial charge in [-0.25, -0.2) is 13.8 Å². The molecule has 0 bridgehead atoms. The molecule has 1 aromatic heterocycles. The van der Waals surface area contributed by atoms with Gasteiger partial charge in [0.2, 0.25) is 5.88 Å². The number of nitrogens with zero attached hydrogens (tertiary/aromatic N) is 2. The van der Waals surface area contributed by atoms with Gasteiger partial charge in [-0.05, 0) is 18.2 Å². The molecule has 5 heteroatoms. The number of ether oxygens (including phenoxy) is 1. The average molecular weight is 246 g/mol. The van der Waals surface area contributed by atoms with Crippen molar-refractivity contribution in [1.82, 2.24) is 4.98 Å². The van der Waals surface area contributed by atoms with Gasteiger partial charge < -0.3 is 4.74 Å². The van der Waals surface area contributed by atoms with Crippen LogP contribution >= 0.6 is 0 Å². The molecule has 0 aliphatic carbocycles. The van der Waals surface area contributed by atoms with Crippen LogP contribution in [0.3, 0.4) is 0 Å². The van der Waals surface area contributed by atoms with Crippen LogP contribution in [0.5, 0.6) is 5.88 Å². The third-order valence-electron chi connectivity index (χ3n) is 2.39. The van der Waals surface area contributed by atoms with E-state index >= 15 is 0 Å². The first-order valence-corrected chi connectivity index (χ1v) is 5.05. The van der Waals surface area contributed by atoms with Gasteiger partial charge in [0, 0.05) is 23.4 Å². The smallest absolute Gasteiger partial charge is 0.221 e. The van der Waals surface area contributed by atoms with Crippen LogP contribution in [-0.2, 0) is 0 Å². The Morgan fingerprint density at radius 3 is 2.61 bits per heavy atom. The van der Waals surface area contributed by atoms with Crippen molar-refractivity contribution in [3.8, 4) is 23.1 Å². The van der Waals surface area contributed by atoms with Crippen LogP contribution in [0, 0.1) is 23.0 Å². The Kier molecular flexibility index (Phi) is 3.20. The molecule has 0 aliphatic heterocycles. The molecule has 0 unspecified atom stereocenters. The molecule has 90 valence electrons. The van der Waals surface area contributed by atoms with E-state index < -0.39 is 11.6 Å². The summed E-state index contributed by atoms with van der Waals surface area (Å²) < 4.78 is 31.5. The molecular formula is C13H8F2N2O. The van der Waals surface area contributed by atoms with E-state index in [1.54, 1.807) is 0 Å². The van der Waals surface area contributed by atoms with E-state index in [4.69, 9.17) is 10.00 Å². The average Bonchev–Trinajstić information content (AvgIpc) is 2.38. The number of benzene rings is 1. The van der Waals surface area contributed by atoms with Gasteiger partial charge >= 0.3 is 0 Å². The molecule has 0 aliphatic rings. The molecule has 1 heterocycles. The number of hydrogen-bond acceptors (Lipinski definition) is 3. The Balaban J connectivity index is 2.65. The zero-order chi connectivity index (χ0) is 13.1. The lowest BCUT2D eigenvalue weighted by molar-refractivity contribution is 0.399. The molecule has 18 heavy (non-hydrogen) atoms. The number of aromatic nitrogens is 1. The van der Waals surface area contributed by atoms with Gasteiger partial charge in [0.15, 0.2) is 0 Å². The molecule has 0 N–H and O–H groups in total. The van der Waals surface area contributed by atoms with Crippen molar-refractivity contribution in [2.75, 3.05) is 7.11 Å². The lowest BCUT2D eigenvalue weighted by Crippen LogP contribution is -1.95. The van der Waals surface area contributed by atoms with Crippen molar-refractivity contribution in [3.05, 3.63) is 47.7 Å². The van der Waals surface area contributed by atoms with Crippen molar-refractivity contribution < 1.29 is 13.5 Å². The van der Waals surface area contributed by atoms with Gasteiger partial charge in [0.05, 0.1) is 12.7 Å². The van der Waals surface area contributed by atoms with E-state index in [1.165, 1.54) is 25.4 Å². The first-order chi connectivity index (χ1) is 8.65. The summed E-state index contributed by atoms with van der Waals surface area (Å²) in [5.74, 6) is -1.22. The van der Waals surface area contributed by atoms with Gasteiger partial charge in [-0.15, -0.1) is 0 Å². The Morgan fingerprint density at radius 1 is 1.22 bits per heavy atom. The summed E-state index contributed by atoms with van der Waals surface area (Å²) in [5, 5.41) is 8.80. The number of rotatable bonds is 2. The summed E-state index contributed by atoms with van der Waals surface area (Å²) in [6, 6.07) is 6.54. The van der Waals surface area contributed by atoms with Crippen LogP contribution in [0.1, 0.15) is 5.56 Å². The van der Waals surface area contributed by atoms with Crippen molar-refractivity contribution in [1.29, 1.82) is 5.26 Å².